The molecule has 0 atom stereocenters. The van der Waals surface area contributed by atoms with E-state index in [4.69, 9.17) is 0 Å². The first-order valence-electron chi connectivity index (χ1n) is 6.29. The number of amides is 2. The molecule has 2 amide bonds. The molecule has 0 saturated heterocycles. The molecule has 8 nitrogen and oxygen atoms in total. The van der Waals surface area contributed by atoms with Crippen molar-refractivity contribution in [2.75, 3.05) is 18.9 Å². The van der Waals surface area contributed by atoms with Crippen LogP contribution in [0.4, 0.5) is 5.82 Å². The Labute approximate surface area is 121 Å². The number of carbonyl (C=O) groups is 2. The number of hydrogen-bond acceptors (Lipinski definition) is 5. The highest BCUT2D eigenvalue weighted by Gasteiger charge is 2.16. The highest BCUT2D eigenvalue weighted by atomic mass is 16.2. The van der Waals surface area contributed by atoms with Crippen LogP contribution in [0, 0.1) is 13.8 Å². The number of rotatable bonds is 4. The third-order valence-electron chi connectivity index (χ3n) is 3.15. The second-order valence-electron chi connectivity index (χ2n) is 4.65. The van der Waals surface area contributed by atoms with Crippen LogP contribution in [0.2, 0.25) is 0 Å². The zero-order valence-electron chi connectivity index (χ0n) is 12.1. The summed E-state index contributed by atoms with van der Waals surface area (Å²) in [5.41, 5.74) is 2.15. The topological polar surface area (TPSA) is 104 Å². The van der Waals surface area contributed by atoms with Crippen molar-refractivity contribution in [1.82, 2.24) is 25.3 Å². The molecule has 0 saturated carbocycles. The molecule has 8 heteroatoms. The molecule has 0 aliphatic carbocycles. The monoisotopic (exact) mass is 288 g/mol. The Morgan fingerprint density at radius 3 is 2.76 bits per heavy atom. The van der Waals surface area contributed by atoms with Crippen LogP contribution in [0.1, 0.15) is 11.3 Å². The summed E-state index contributed by atoms with van der Waals surface area (Å²) in [6.07, 6.45) is 1.15. The molecule has 2 heterocycles. The van der Waals surface area contributed by atoms with Crippen molar-refractivity contribution in [3.05, 3.63) is 23.9 Å². The van der Waals surface area contributed by atoms with Crippen molar-refractivity contribution >= 4 is 28.7 Å². The van der Waals surface area contributed by atoms with Crippen LogP contribution in [0.25, 0.3) is 11.0 Å². The van der Waals surface area contributed by atoms with Gasteiger partial charge in [0.15, 0.2) is 11.5 Å². The van der Waals surface area contributed by atoms with E-state index in [9.17, 15) is 9.59 Å². The van der Waals surface area contributed by atoms with Crippen LogP contribution in [0.5, 0.6) is 0 Å². The lowest BCUT2D eigenvalue weighted by Gasteiger charge is -2.14. The predicted octanol–water partition coefficient (Wildman–Crippen LogP) is 0.553. The minimum atomic E-state index is -0.352. The summed E-state index contributed by atoms with van der Waals surface area (Å²) in [6.45, 7) is 6.99. The average Bonchev–Trinajstić information content (AvgIpc) is 2.85. The highest BCUT2D eigenvalue weighted by Crippen LogP contribution is 2.23. The minimum absolute atomic E-state index is 0.0876. The molecule has 0 bridgehead atoms. The van der Waals surface area contributed by atoms with Crippen LogP contribution in [-0.4, -0.2) is 50.7 Å². The summed E-state index contributed by atoms with van der Waals surface area (Å²) in [7, 11) is 1.52. The number of anilines is 1. The summed E-state index contributed by atoms with van der Waals surface area (Å²) in [4.78, 5) is 24.6. The van der Waals surface area contributed by atoms with E-state index in [2.05, 4.69) is 32.3 Å². The van der Waals surface area contributed by atoms with Crippen LogP contribution in [0.15, 0.2) is 12.7 Å². The maximum atomic E-state index is 12.0. The Balaban J connectivity index is 2.20. The molecule has 0 fully saturated rings. The molecular weight excluding hydrogens is 272 g/mol. The van der Waals surface area contributed by atoms with E-state index in [1.165, 1.54) is 11.9 Å². The molecule has 0 aliphatic rings. The standard InChI is InChI=1S/C13H16N6O2/c1-5-10(21)19(4)6-9(20)14-12-11-7(2)8(3)15-17-13(11)18-16-12/h5H,1,6H2,2-4H3,(H2,14,16,17,18,20). The lowest BCUT2D eigenvalue weighted by molar-refractivity contribution is -0.129. The molecule has 0 spiro atoms. The maximum Gasteiger partial charge on any atom is 0.246 e. The summed E-state index contributed by atoms with van der Waals surface area (Å²) < 4.78 is 0. The van der Waals surface area contributed by atoms with Gasteiger partial charge in [0.1, 0.15) is 0 Å². The van der Waals surface area contributed by atoms with E-state index in [1.807, 2.05) is 13.8 Å². The number of aromatic amines is 1. The number of carbonyl (C=O) groups excluding carboxylic acids is 2. The molecule has 2 aromatic rings. The zero-order chi connectivity index (χ0) is 15.6. The van der Waals surface area contributed by atoms with Gasteiger partial charge in [-0.05, 0) is 25.5 Å². The fourth-order valence-corrected chi connectivity index (χ4v) is 1.85. The number of hydrogen-bond donors (Lipinski definition) is 2. The fraction of sp³-hybridized carbons (Fsp3) is 0.308. The Morgan fingerprint density at radius 2 is 2.10 bits per heavy atom. The first-order valence-corrected chi connectivity index (χ1v) is 6.29. The second kappa shape index (κ2) is 5.70. The van der Waals surface area contributed by atoms with Crippen molar-refractivity contribution in [3.63, 3.8) is 0 Å². The number of nitrogens with zero attached hydrogens (tertiary/aromatic N) is 4. The number of nitrogens with one attached hydrogen (secondary N) is 2. The lowest BCUT2D eigenvalue weighted by Crippen LogP contribution is -2.33. The minimum Gasteiger partial charge on any atom is -0.333 e. The largest absolute Gasteiger partial charge is 0.333 e. The predicted molar refractivity (Wildman–Crippen MR) is 77.6 cm³/mol. The Morgan fingerprint density at radius 1 is 1.38 bits per heavy atom. The van der Waals surface area contributed by atoms with Crippen LogP contribution < -0.4 is 5.32 Å². The summed E-state index contributed by atoms with van der Waals surface area (Å²) >= 11 is 0. The van der Waals surface area contributed by atoms with Gasteiger partial charge in [-0.3, -0.25) is 14.7 Å². The molecule has 0 aromatic carbocycles. The Bertz CT molecular complexity index is 721. The van der Waals surface area contributed by atoms with Crippen LogP contribution in [0.3, 0.4) is 0 Å². The van der Waals surface area contributed by atoms with Gasteiger partial charge in [-0.2, -0.15) is 10.2 Å². The van der Waals surface area contributed by atoms with E-state index >= 15 is 0 Å². The number of aromatic nitrogens is 4. The molecule has 0 aliphatic heterocycles. The molecular formula is C13H16N6O2. The van der Waals surface area contributed by atoms with Gasteiger partial charge < -0.3 is 10.2 Å². The third kappa shape index (κ3) is 2.88. The van der Waals surface area contributed by atoms with E-state index in [-0.39, 0.29) is 18.4 Å². The first-order chi connectivity index (χ1) is 9.93. The third-order valence-corrected chi connectivity index (χ3v) is 3.15. The molecule has 0 unspecified atom stereocenters. The number of likely N-dealkylation sites (N-methyl/N-ethyl adjacent to an activating group) is 1. The summed E-state index contributed by atoms with van der Waals surface area (Å²) in [5.74, 6) is -0.296. The Kier molecular flexibility index (Phi) is 3.97. The molecule has 0 radical (unpaired) electrons. The van der Waals surface area contributed by atoms with Gasteiger partial charge >= 0.3 is 0 Å². The van der Waals surface area contributed by atoms with Gasteiger partial charge in [-0.15, -0.1) is 5.10 Å². The average molecular weight is 288 g/mol. The Hall–Kier alpha value is -2.77. The SMILES string of the molecule is C=CC(=O)N(C)CC(=O)Nc1n[nH]c2nnc(C)c(C)c12. The van der Waals surface area contributed by atoms with Crippen molar-refractivity contribution in [1.29, 1.82) is 0 Å². The highest BCUT2D eigenvalue weighted by molar-refractivity contribution is 6.02. The van der Waals surface area contributed by atoms with Crippen LogP contribution >= 0.6 is 0 Å². The second-order valence-corrected chi connectivity index (χ2v) is 4.65. The quantitative estimate of drug-likeness (QED) is 0.800. The van der Waals surface area contributed by atoms with Gasteiger partial charge in [0.25, 0.3) is 0 Å². The smallest absolute Gasteiger partial charge is 0.246 e. The van der Waals surface area contributed by atoms with E-state index < -0.39 is 0 Å². The maximum absolute atomic E-state index is 12.0. The van der Waals surface area contributed by atoms with Gasteiger partial charge in [-0.1, -0.05) is 6.58 Å². The molecule has 21 heavy (non-hydrogen) atoms. The van der Waals surface area contributed by atoms with Gasteiger partial charge in [-0.25, -0.2) is 0 Å². The van der Waals surface area contributed by atoms with Gasteiger partial charge in [0.2, 0.25) is 11.8 Å². The number of H-pyrrole nitrogens is 1. The summed E-state index contributed by atoms with van der Waals surface area (Å²) in [6, 6.07) is 0. The van der Waals surface area contributed by atoms with Gasteiger partial charge in [0, 0.05) is 7.05 Å². The fourth-order valence-electron chi connectivity index (χ4n) is 1.85. The molecule has 2 N–H and O–H groups in total. The lowest BCUT2D eigenvalue weighted by atomic mass is 10.2. The summed E-state index contributed by atoms with van der Waals surface area (Å²) in [5, 5.41) is 18.1. The van der Waals surface area contributed by atoms with E-state index in [0.717, 1.165) is 17.3 Å². The van der Waals surface area contributed by atoms with E-state index in [0.29, 0.717) is 16.9 Å². The molecule has 2 aromatic heterocycles. The van der Waals surface area contributed by atoms with Crippen LogP contribution in [-0.2, 0) is 9.59 Å². The number of aryl methyl sites for hydroxylation is 2. The first kappa shape index (κ1) is 14.6. The van der Waals surface area contributed by atoms with Crippen molar-refractivity contribution in [2.24, 2.45) is 0 Å². The molecule has 110 valence electrons. The zero-order valence-corrected chi connectivity index (χ0v) is 12.1. The van der Waals surface area contributed by atoms with Crippen molar-refractivity contribution < 1.29 is 9.59 Å². The normalized spacial score (nSPS) is 10.4. The van der Waals surface area contributed by atoms with Gasteiger partial charge in [0.05, 0.1) is 17.6 Å². The van der Waals surface area contributed by atoms with Crippen molar-refractivity contribution in [3.8, 4) is 0 Å². The molecule has 2 rings (SSSR count). The van der Waals surface area contributed by atoms with Crippen molar-refractivity contribution in [2.45, 2.75) is 13.8 Å². The number of fused-ring (bicyclic) bond motifs is 1. The van der Waals surface area contributed by atoms with E-state index in [1.54, 1.807) is 0 Å².